The molecular formula is C9H7ClF2N4. The van der Waals surface area contributed by atoms with Gasteiger partial charge in [-0.05, 0) is 0 Å². The van der Waals surface area contributed by atoms with Crippen LogP contribution in [0.1, 0.15) is 24.6 Å². The van der Waals surface area contributed by atoms with Crippen molar-refractivity contribution in [2.24, 2.45) is 0 Å². The molecule has 1 aliphatic rings. The summed E-state index contributed by atoms with van der Waals surface area (Å²) in [5.41, 5.74) is 0.411. The molecule has 0 aromatic carbocycles. The molecule has 2 heterocycles. The Hall–Kier alpha value is -1.30. The Morgan fingerprint density at radius 1 is 1.38 bits per heavy atom. The van der Waals surface area contributed by atoms with Crippen LogP contribution in [0.2, 0.25) is 5.15 Å². The zero-order valence-corrected chi connectivity index (χ0v) is 8.82. The fraction of sp³-hybridized carbons (Fsp3) is 0.444. The Morgan fingerprint density at radius 3 is 2.81 bits per heavy atom. The van der Waals surface area contributed by atoms with Crippen molar-refractivity contribution >= 4 is 17.2 Å². The molecule has 0 radical (unpaired) electrons. The number of aromatic nitrogens is 4. The normalized spacial score (nSPS) is 19.9. The number of hydrogen-bond donors (Lipinski definition) is 0. The molecule has 3 rings (SSSR count). The second kappa shape index (κ2) is 3.10. The van der Waals surface area contributed by atoms with E-state index in [0.717, 1.165) is 0 Å². The van der Waals surface area contributed by atoms with E-state index in [1.54, 1.807) is 10.6 Å². The van der Waals surface area contributed by atoms with E-state index in [-0.39, 0.29) is 23.9 Å². The van der Waals surface area contributed by atoms with E-state index in [1.165, 1.54) is 6.20 Å². The highest BCUT2D eigenvalue weighted by atomic mass is 35.5. The lowest BCUT2D eigenvalue weighted by Gasteiger charge is -2.33. The van der Waals surface area contributed by atoms with Crippen LogP contribution in [-0.4, -0.2) is 25.5 Å². The van der Waals surface area contributed by atoms with Crippen LogP contribution in [0.15, 0.2) is 12.4 Å². The molecule has 4 nitrogen and oxygen atoms in total. The van der Waals surface area contributed by atoms with Gasteiger partial charge in [0.2, 0.25) is 5.92 Å². The molecule has 0 atom stereocenters. The fourth-order valence-electron chi connectivity index (χ4n) is 1.94. The third-order valence-electron chi connectivity index (χ3n) is 2.77. The van der Waals surface area contributed by atoms with Crippen LogP contribution in [-0.2, 0) is 0 Å². The first-order valence-electron chi connectivity index (χ1n) is 4.80. The van der Waals surface area contributed by atoms with Crippen molar-refractivity contribution in [3.8, 4) is 0 Å². The van der Waals surface area contributed by atoms with E-state index in [1.807, 2.05) is 0 Å². The fourth-order valence-corrected chi connectivity index (χ4v) is 2.12. The van der Waals surface area contributed by atoms with Crippen LogP contribution in [0, 0.1) is 0 Å². The van der Waals surface area contributed by atoms with Gasteiger partial charge < -0.3 is 0 Å². The summed E-state index contributed by atoms with van der Waals surface area (Å²) in [5, 5.41) is 7.97. The SMILES string of the molecule is FC1(F)CC(c2nnc3c(Cl)nccn23)C1. The van der Waals surface area contributed by atoms with Gasteiger partial charge in [-0.1, -0.05) is 11.6 Å². The van der Waals surface area contributed by atoms with Gasteiger partial charge in [-0.2, -0.15) is 0 Å². The molecule has 1 aliphatic carbocycles. The Labute approximate surface area is 94.3 Å². The van der Waals surface area contributed by atoms with Gasteiger partial charge in [-0.25, -0.2) is 13.8 Å². The van der Waals surface area contributed by atoms with Crippen molar-refractivity contribution in [1.29, 1.82) is 0 Å². The third-order valence-corrected chi connectivity index (χ3v) is 3.03. The van der Waals surface area contributed by atoms with Crippen molar-refractivity contribution in [2.75, 3.05) is 0 Å². The summed E-state index contributed by atoms with van der Waals surface area (Å²) in [4.78, 5) is 3.85. The molecule has 0 aliphatic heterocycles. The Morgan fingerprint density at radius 2 is 2.12 bits per heavy atom. The van der Waals surface area contributed by atoms with Crippen molar-refractivity contribution < 1.29 is 8.78 Å². The number of nitrogens with zero attached hydrogens (tertiary/aromatic N) is 4. The summed E-state index contributed by atoms with van der Waals surface area (Å²) in [7, 11) is 0. The summed E-state index contributed by atoms with van der Waals surface area (Å²) in [5.74, 6) is -2.28. The largest absolute Gasteiger partial charge is 0.282 e. The molecule has 0 amide bonds. The van der Waals surface area contributed by atoms with Crippen molar-refractivity contribution in [3.63, 3.8) is 0 Å². The summed E-state index contributed by atoms with van der Waals surface area (Å²) in [6.45, 7) is 0. The molecule has 0 unspecified atom stereocenters. The molecule has 2 aromatic heterocycles. The standard InChI is InChI=1S/C9H7ClF2N4/c10-6-8-15-14-7(16(8)2-1-13-6)5-3-9(11,12)4-5/h1-2,5H,3-4H2. The minimum atomic E-state index is -2.56. The van der Waals surface area contributed by atoms with Crippen LogP contribution in [0.4, 0.5) is 8.78 Å². The first-order valence-corrected chi connectivity index (χ1v) is 5.17. The van der Waals surface area contributed by atoms with Gasteiger partial charge in [-0.3, -0.25) is 4.40 Å². The maximum Gasteiger partial charge on any atom is 0.249 e. The Kier molecular flexibility index (Phi) is 1.92. The summed E-state index contributed by atoms with van der Waals surface area (Å²) in [6.07, 6.45) is 2.79. The van der Waals surface area contributed by atoms with Crippen LogP contribution >= 0.6 is 11.6 Å². The maximum atomic E-state index is 12.8. The van der Waals surface area contributed by atoms with E-state index in [2.05, 4.69) is 15.2 Å². The highest BCUT2D eigenvalue weighted by molar-refractivity contribution is 6.32. The molecule has 0 bridgehead atoms. The monoisotopic (exact) mass is 244 g/mol. The number of hydrogen-bond acceptors (Lipinski definition) is 3. The predicted octanol–water partition coefficient (Wildman–Crippen LogP) is 2.29. The molecule has 1 saturated carbocycles. The van der Waals surface area contributed by atoms with Crippen molar-refractivity contribution in [1.82, 2.24) is 19.6 Å². The molecule has 1 fully saturated rings. The molecule has 0 spiro atoms. The van der Waals surface area contributed by atoms with E-state index in [4.69, 9.17) is 11.6 Å². The lowest BCUT2D eigenvalue weighted by molar-refractivity contribution is -0.0887. The molecule has 0 N–H and O–H groups in total. The minimum absolute atomic E-state index is 0.173. The second-order valence-corrected chi connectivity index (χ2v) is 4.29. The highest BCUT2D eigenvalue weighted by Crippen LogP contribution is 2.47. The van der Waals surface area contributed by atoms with E-state index < -0.39 is 5.92 Å². The van der Waals surface area contributed by atoms with Crippen LogP contribution in [0.3, 0.4) is 0 Å². The molecular weight excluding hydrogens is 238 g/mol. The third kappa shape index (κ3) is 1.36. The van der Waals surface area contributed by atoms with Crippen LogP contribution in [0.5, 0.6) is 0 Å². The smallest absolute Gasteiger partial charge is 0.249 e. The van der Waals surface area contributed by atoms with E-state index >= 15 is 0 Å². The minimum Gasteiger partial charge on any atom is -0.282 e. The lowest BCUT2D eigenvalue weighted by atomic mass is 9.81. The topological polar surface area (TPSA) is 43.1 Å². The van der Waals surface area contributed by atoms with Gasteiger partial charge in [0.25, 0.3) is 0 Å². The molecule has 7 heteroatoms. The zero-order valence-electron chi connectivity index (χ0n) is 8.07. The average Bonchev–Trinajstić information content (AvgIpc) is 2.59. The Balaban J connectivity index is 2.03. The van der Waals surface area contributed by atoms with Crippen LogP contribution < -0.4 is 0 Å². The van der Waals surface area contributed by atoms with Gasteiger partial charge in [0.15, 0.2) is 10.8 Å². The average molecular weight is 245 g/mol. The first kappa shape index (κ1) is 9.89. The number of fused-ring (bicyclic) bond motifs is 1. The molecule has 16 heavy (non-hydrogen) atoms. The summed E-state index contributed by atoms with van der Waals surface area (Å²) < 4.78 is 27.1. The molecule has 84 valence electrons. The Bertz CT molecular complexity index is 545. The summed E-state index contributed by atoms with van der Waals surface area (Å²) in [6, 6.07) is 0. The van der Waals surface area contributed by atoms with Gasteiger partial charge in [0, 0.05) is 31.2 Å². The molecule has 0 saturated heterocycles. The zero-order chi connectivity index (χ0) is 11.3. The van der Waals surface area contributed by atoms with E-state index in [9.17, 15) is 8.78 Å². The van der Waals surface area contributed by atoms with Gasteiger partial charge in [0.1, 0.15) is 5.82 Å². The second-order valence-electron chi connectivity index (χ2n) is 3.93. The van der Waals surface area contributed by atoms with Gasteiger partial charge >= 0.3 is 0 Å². The van der Waals surface area contributed by atoms with Gasteiger partial charge in [0.05, 0.1) is 0 Å². The first-order chi connectivity index (χ1) is 7.57. The molecule has 2 aromatic rings. The van der Waals surface area contributed by atoms with Crippen molar-refractivity contribution in [2.45, 2.75) is 24.7 Å². The number of alkyl halides is 2. The number of rotatable bonds is 1. The quantitative estimate of drug-likeness (QED) is 0.773. The van der Waals surface area contributed by atoms with E-state index in [0.29, 0.717) is 11.5 Å². The highest BCUT2D eigenvalue weighted by Gasteiger charge is 2.47. The van der Waals surface area contributed by atoms with Crippen LogP contribution in [0.25, 0.3) is 5.65 Å². The number of halogens is 3. The van der Waals surface area contributed by atoms with Gasteiger partial charge in [-0.15, -0.1) is 10.2 Å². The lowest BCUT2D eigenvalue weighted by Crippen LogP contribution is -2.34. The van der Waals surface area contributed by atoms with Crippen molar-refractivity contribution in [3.05, 3.63) is 23.4 Å². The maximum absolute atomic E-state index is 12.8. The summed E-state index contributed by atoms with van der Waals surface area (Å²) >= 11 is 5.81. The predicted molar refractivity (Wildman–Crippen MR) is 52.7 cm³/mol.